The zero-order chi connectivity index (χ0) is 8.55. The molecule has 0 heterocycles. The summed E-state index contributed by atoms with van der Waals surface area (Å²) in [5, 5.41) is 0. The molecule has 12 heavy (non-hydrogen) atoms. The van der Waals surface area contributed by atoms with Gasteiger partial charge in [0.15, 0.2) is 0 Å². The number of hydrogen-bond donors (Lipinski definition) is 0. The Balaban J connectivity index is 2.21. The van der Waals surface area contributed by atoms with Gasteiger partial charge in [-0.2, -0.15) is 0 Å². The summed E-state index contributed by atoms with van der Waals surface area (Å²) >= 11 is -1.13. The molecule has 2 rings (SSSR count). The third-order valence-electron chi connectivity index (χ3n) is 3.04. The van der Waals surface area contributed by atoms with Gasteiger partial charge >= 0.3 is 83.5 Å². The molecule has 1 atom stereocenters. The Labute approximate surface area is 83.3 Å². The first-order chi connectivity index (χ1) is 5.79. The third-order valence-corrected chi connectivity index (χ3v) is 9.45. The van der Waals surface area contributed by atoms with Gasteiger partial charge in [-0.25, -0.2) is 0 Å². The summed E-state index contributed by atoms with van der Waals surface area (Å²) in [4.78, 5) is 0. The van der Waals surface area contributed by atoms with Crippen molar-refractivity contribution in [1.82, 2.24) is 0 Å². The van der Waals surface area contributed by atoms with Crippen LogP contribution in [0.25, 0.3) is 0 Å². The normalized spacial score (nSPS) is 27.7. The minimum atomic E-state index is -1.13. The molecule has 1 unspecified atom stereocenters. The van der Waals surface area contributed by atoms with Gasteiger partial charge in [-0.3, -0.25) is 0 Å². The van der Waals surface area contributed by atoms with E-state index >= 15 is 0 Å². The van der Waals surface area contributed by atoms with Crippen molar-refractivity contribution in [2.75, 3.05) is 0 Å². The van der Waals surface area contributed by atoms with E-state index in [4.69, 9.17) is 0 Å². The molecule has 0 fully saturated rings. The molecule has 0 nitrogen and oxygen atoms in total. The van der Waals surface area contributed by atoms with Crippen molar-refractivity contribution in [3.8, 4) is 0 Å². The Morgan fingerprint density at radius 2 is 2.00 bits per heavy atom. The van der Waals surface area contributed by atoms with Crippen LogP contribution >= 0.6 is 0 Å². The predicted octanol–water partition coefficient (Wildman–Crippen LogP) is 3.93. The summed E-state index contributed by atoms with van der Waals surface area (Å²) in [5.41, 5.74) is 3.57. The number of hydrogen-bond acceptors (Lipinski definition) is 0. The topological polar surface area (TPSA) is 0 Å². The van der Waals surface area contributed by atoms with Gasteiger partial charge < -0.3 is 0 Å². The molecule has 0 amide bonds. The van der Waals surface area contributed by atoms with Crippen LogP contribution in [0.4, 0.5) is 0 Å². The van der Waals surface area contributed by atoms with Gasteiger partial charge in [0.1, 0.15) is 0 Å². The first kappa shape index (κ1) is 8.93. The Morgan fingerprint density at radius 3 is 2.75 bits per heavy atom. The SMILES string of the molecule is [CH3][Hf]([CH3])[CH]1C=CC2=C1CCCC2. The zero-order valence-corrected chi connectivity index (χ0v) is 11.7. The molecular weight excluding hydrogens is 311 g/mol. The van der Waals surface area contributed by atoms with E-state index in [0.29, 0.717) is 0 Å². The van der Waals surface area contributed by atoms with Gasteiger partial charge in [-0.05, 0) is 0 Å². The Hall–Kier alpha value is 0.350. The van der Waals surface area contributed by atoms with Crippen LogP contribution in [0.3, 0.4) is 0 Å². The molecule has 2 aliphatic carbocycles. The second kappa shape index (κ2) is 3.61. The van der Waals surface area contributed by atoms with E-state index in [0.717, 1.165) is 3.67 Å². The van der Waals surface area contributed by atoms with E-state index < -0.39 is 21.4 Å². The van der Waals surface area contributed by atoms with Crippen LogP contribution in [0, 0.1) is 0 Å². The molecule has 0 N–H and O–H groups in total. The summed E-state index contributed by atoms with van der Waals surface area (Å²) in [6.07, 6.45) is 10.6. The second-order valence-electron chi connectivity index (χ2n) is 4.17. The Morgan fingerprint density at radius 1 is 1.25 bits per heavy atom. The van der Waals surface area contributed by atoms with Gasteiger partial charge in [0.2, 0.25) is 0 Å². The molecule has 0 saturated heterocycles. The van der Waals surface area contributed by atoms with Crippen LogP contribution in [-0.2, 0) is 21.4 Å². The molecule has 0 aliphatic heterocycles. The van der Waals surface area contributed by atoms with Crippen LogP contribution in [0.5, 0.6) is 0 Å². The Bertz CT molecular complexity index is 235. The van der Waals surface area contributed by atoms with Gasteiger partial charge in [-0.15, -0.1) is 0 Å². The molecule has 2 aliphatic rings. The summed E-state index contributed by atoms with van der Waals surface area (Å²) in [7, 11) is 0. The van der Waals surface area contributed by atoms with Crippen LogP contribution < -0.4 is 0 Å². The van der Waals surface area contributed by atoms with E-state index in [2.05, 4.69) is 21.5 Å². The standard InChI is InChI=1S/C9H11.2CH3.Hf/c1-2-5-9-7-3-6-8(9)4-1;;;/h3,6-7H,1-2,4-5H2;2*1H3;. The molecule has 65 valence electrons. The van der Waals surface area contributed by atoms with Gasteiger partial charge in [0, 0.05) is 0 Å². The maximum atomic E-state index is 2.55. The fourth-order valence-electron chi connectivity index (χ4n) is 2.37. The van der Waals surface area contributed by atoms with Crippen molar-refractivity contribution in [2.24, 2.45) is 0 Å². The minimum absolute atomic E-state index is 0.991. The summed E-state index contributed by atoms with van der Waals surface area (Å²) in [6, 6.07) is 0. The summed E-state index contributed by atoms with van der Waals surface area (Å²) in [5.74, 6) is 0. The van der Waals surface area contributed by atoms with Crippen LogP contribution in [-0.4, -0.2) is 0 Å². The predicted molar refractivity (Wildman–Crippen MR) is 50.1 cm³/mol. The third kappa shape index (κ3) is 1.53. The average Bonchev–Trinajstić information content (AvgIpc) is 2.47. The Kier molecular flexibility index (Phi) is 2.69. The van der Waals surface area contributed by atoms with E-state index in [9.17, 15) is 0 Å². The van der Waals surface area contributed by atoms with Crippen LogP contribution in [0.2, 0.25) is 13.0 Å². The van der Waals surface area contributed by atoms with Gasteiger partial charge in [0.05, 0.1) is 0 Å². The molecule has 0 saturated carbocycles. The molecule has 0 aromatic rings. The zero-order valence-electron chi connectivity index (χ0n) is 8.06. The van der Waals surface area contributed by atoms with E-state index in [1.54, 1.807) is 5.57 Å². The van der Waals surface area contributed by atoms with E-state index in [1.807, 2.05) is 5.57 Å². The first-order valence-corrected chi connectivity index (χ1v) is 14.2. The molecule has 0 radical (unpaired) electrons. The van der Waals surface area contributed by atoms with Crippen molar-refractivity contribution in [3.63, 3.8) is 0 Å². The quantitative estimate of drug-likeness (QED) is 0.640. The van der Waals surface area contributed by atoms with E-state index in [1.165, 1.54) is 25.7 Å². The van der Waals surface area contributed by atoms with Gasteiger partial charge in [0.25, 0.3) is 0 Å². The van der Waals surface area contributed by atoms with Crippen molar-refractivity contribution in [1.29, 1.82) is 0 Å². The van der Waals surface area contributed by atoms with Crippen molar-refractivity contribution in [3.05, 3.63) is 23.3 Å². The van der Waals surface area contributed by atoms with E-state index in [-0.39, 0.29) is 0 Å². The average molecular weight is 328 g/mol. The molecule has 0 bridgehead atoms. The summed E-state index contributed by atoms with van der Waals surface area (Å²) < 4.78 is 6.08. The van der Waals surface area contributed by atoms with Crippen molar-refractivity contribution >= 4 is 0 Å². The number of allylic oxidation sites excluding steroid dienone is 4. The fourth-order valence-corrected chi connectivity index (χ4v) is 7.78. The van der Waals surface area contributed by atoms with Gasteiger partial charge in [-0.1, -0.05) is 0 Å². The summed E-state index contributed by atoms with van der Waals surface area (Å²) in [6.45, 7) is 0. The monoisotopic (exact) mass is 329 g/mol. The molecule has 1 heteroatoms. The van der Waals surface area contributed by atoms with Crippen molar-refractivity contribution < 1.29 is 21.4 Å². The molecule has 0 spiro atoms. The van der Waals surface area contributed by atoms with Crippen LogP contribution in [0.15, 0.2) is 23.3 Å². The maximum absolute atomic E-state index is 2.55. The van der Waals surface area contributed by atoms with Crippen molar-refractivity contribution in [2.45, 2.75) is 38.7 Å². The fraction of sp³-hybridized carbons (Fsp3) is 0.636. The van der Waals surface area contributed by atoms with Crippen LogP contribution in [0.1, 0.15) is 25.7 Å². The molecule has 0 aromatic heterocycles. The second-order valence-corrected chi connectivity index (χ2v) is 14.1. The molecule has 0 aromatic carbocycles. The first-order valence-electron chi connectivity index (χ1n) is 4.99. The molecular formula is C11H17Hf. The number of rotatable bonds is 1.